The van der Waals surface area contributed by atoms with Gasteiger partial charge in [0.1, 0.15) is 22.2 Å². The molecule has 0 aliphatic carbocycles. The Morgan fingerprint density at radius 2 is 1.80 bits per heavy atom. The summed E-state index contributed by atoms with van der Waals surface area (Å²) in [4.78, 5) is 16.3. The highest BCUT2D eigenvalue weighted by atomic mass is 32.2. The number of carbonyl (C=O) groups is 1. The minimum atomic E-state index is -2.94. The Balaban J connectivity index is 1.76. The number of benzene rings is 1. The van der Waals surface area contributed by atoms with Crippen molar-refractivity contribution in [1.82, 2.24) is 9.80 Å². The summed E-state index contributed by atoms with van der Waals surface area (Å²) in [5.41, 5.74) is 6.34. The smallest absolute Gasteiger partial charge is 0.227 e. The Bertz CT molecular complexity index is 653. The van der Waals surface area contributed by atoms with Crippen molar-refractivity contribution < 1.29 is 17.9 Å². The van der Waals surface area contributed by atoms with Crippen molar-refractivity contribution in [2.24, 2.45) is 5.73 Å². The number of nitrogens with two attached hydrogens (primary N) is 1. The quantitative estimate of drug-likeness (QED) is 0.680. The summed E-state index contributed by atoms with van der Waals surface area (Å²) in [6, 6.07) is 7.49. The molecule has 2 rings (SSSR count). The van der Waals surface area contributed by atoms with Crippen LogP contribution >= 0.6 is 0 Å². The lowest BCUT2D eigenvalue weighted by atomic mass is 10.1. The molecule has 25 heavy (non-hydrogen) atoms. The van der Waals surface area contributed by atoms with Gasteiger partial charge in [-0.05, 0) is 17.7 Å². The van der Waals surface area contributed by atoms with Gasteiger partial charge in [-0.3, -0.25) is 9.69 Å². The van der Waals surface area contributed by atoms with Crippen LogP contribution in [0.1, 0.15) is 5.56 Å². The normalized spacial score (nSPS) is 16.0. The molecule has 1 aromatic carbocycles. The Labute approximate surface area is 149 Å². The lowest BCUT2D eigenvalue weighted by Crippen LogP contribution is -2.50. The standard InChI is InChI=1S/C17H27N3O4S/c1-25(22,23)13-11-19-7-9-20(10-8-19)17(21)14-15-2-4-16(5-3-15)24-12-6-18/h2-5H,6-14,18H2,1H3. The van der Waals surface area contributed by atoms with Gasteiger partial charge in [-0.2, -0.15) is 0 Å². The molecule has 0 atom stereocenters. The summed E-state index contributed by atoms with van der Waals surface area (Å²) in [5, 5.41) is 0. The predicted octanol–water partition coefficient (Wildman–Crippen LogP) is -0.245. The van der Waals surface area contributed by atoms with E-state index in [1.54, 1.807) is 0 Å². The predicted molar refractivity (Wildman–Crippen MR) is 97.4 cm³/mol. The van der Waals surface area contributed by atoms with E-state index in [0.717, 1.165) is 11.3 Å². The fourth-order valence-electron chi connectivity index (χ4n) is 2.68. The highest BCUT2D eigenvalue weighted by Crippen LogP contribution is 2.13. The first-order valence-corrected chi connectivity index (χ1v) is 10.5. The first-order chi connectivity index (χ1) is 11.9. The van der Waals surface area contributed by atoms with Crippen LogP contribution in [0.25, 0.3) is 0 Å². The molecule has 1 fully saturated rings. The van der Waals surface area contributed by atoms with E-state index in [0.29, 0.717) is 52.3 Å². The summed E-state index contributed by atoms with van der Waals surface area (Å²) < 4.78 is 27.9. The molecule has 140 valence electrons. The monoisotopic (exact) mass is 369 g/mol. The number of hydrogen-bond acceptors (Lipinski definition) is 6. The van der Waals surface area contributed by atoms with Crippen LogP contribution in [0.2, 0.25) is 0 Å². The van der Waals surface area contributed by atoms with Gasteiger partial charge in [0.05, 0.1) is 12.2 Å². The van der Waals surface area contributed by atoms with Crippen molar-refractivity contribution in [3.05, 3.63) is 29.8 Å². The largest absolute Gasteiger partial charge is 0.492 e. The first kappa shape index (κ1) is 19.7. The van der Waals surface area contributed by atoms with Gasteiger partial charge in [0.2, 0.25) is 5.91 Å². The lowest BCUT2D eigenvalue weighted by Gasteiger charge is -2.34. The van der Waals surface area contributed by atoms with E-state index in [2.05, 4.69) is 4.90 Å². The number of amides is 1. The van der Waals surface area contributed by atoms with Gasteiger partial charge >= 0.3 is 0 Å². The molecule has 1 saturated heterocycles. The summed E-state index contributed by atoms with van der Waals surface area (Å²) in [6.07, 6.45) is 1.61. The zero-order chi connectivity index (χ0) is 18.3. The Kier molecular flexibility index (Phi) is 7.22. The van der Waals surface area contributed by atoms with E-state index < -0.39 is 9.84 Å². The summed E-state index contributed by atoms with van der Waals surface area (Å²) in [5.74, 6) is 1.01. The number of hydrogen-bond donors (Lipinski definition) is 1. The van der Waals surface area contributed by atoms with Gasteiger partial charge in [-0.1, -0.05) is 12.1 Å². The van der Waals surface area contributed by atoms with Gasteiger partial charge in [0.15, 0.2) is 0 Å². The van der Waals surface area contributed by atoms with Crippen molar-refractivity contribution in [1.29, 1.82) is 0 Å². The molecule has 0 unspecified atom stereocenters. The van der Waals surface area contributed by atoms with E-state index >= 15 is 0 Å². The third kappa shape index (κ3) is 7.01. The maximum absolute atomic E-state index is 12.4. The molecule has 1 amide bonds. The van der Waals surface area contributed by atoms with Gasteiger partial charge in [0.25, 0.3) is 0 Å². The van der Waals surface area contributed by atoms with Crippen molar-refractivity contribution in [2.75, 3.05) is 57.9 Å². The van der Waals surface area contributed by atoms with Gasteiger partial charge in [0, 0.05) is 45.5 Å². The van der Waals surface area contributed by atoms with Crippen LogP contribution in [0, 0.1) is 0 Å². The maximum Gasteiger partial charge on any atom is 0.227 e. The van der Waals surface area contributed by atoms with Crippen LogP contribution in [-0.2, 0) is 21.1 Å². The second-order valence-corrected chi connectivity index (χ2v) is 8.57. The van der Waals surface area contributed by atoms with Crippen LogP contribution in [0.4, 0.5) is 0 Å². The zero-order valence-corrected chi connectivity index (χ0v) is 15.5. The average Bonchev–Trinajstić information content (AvgIpc) is 2.59. The van der Waals surface area contributed by atoms with Crippen LogP contribution in [-0.4, -0.2) is 82.0 Å². The molecule has 0 saturated carbocycles. The molecular formula is C17H27N3O4S. The van der Waals surface area contributed by atoms with Gasteiger partial charge in [-0.15, -0.1) is 0 Å². The summed E-state index contributed by atoms with van der Waals surface area (Å²) in [7, 11) is -2.94. The third-order valence-electron chi connectivity index (χ3n) is 4.17. The van der Waals surface area contributed by atoms with Crippen molar-refractivity contribution >= 4 is 15.7 Å². The number of piperazine rings is 1. The highest BCUT2D eigenvalue weighted by Gasteiger charge is 2.21. The van der Waals surface area contributed by atoms with Gasteiger partial charge in [-0.25, -0.2) is 8.42 Å². The second kappa shape index (κ2) is 9.17. The van der Waals surface area contributed by atoms with E-state index in [9.17, 15) is 13.2 Å². The zero-order valence-electron chi connectivity index (χ0n) is 14.7. The average molecular weight is 369 g/mol. The van der Waals surface area contributed by atoms with Crippen LogP contribution < -0.4 is 10.5 Å². The van der Waals surface area contributed by atoms with Crippen molar-refractivity contribution in [3.63, 3.8) is 0 Å². The van der Waals surface area contributed by atoms with Crippen LogP contribution in [0.5, 0.6) is 5.75 Å². The van der Waals surface area contributed by atoms with E-state index in [-0.39, 0.29) is 11.7 Å². The molecule has 0 bridgehead atoms. The van der Waals surface area contributed by atoms with Gasteiger partial charge < -0.3 is 15.4 Å². The third-order valence-corrected chi connectivity index (χ3v) is 5.09. The molecule has 0 spiro atoms. The summed E-state index contributed by atoms with van der Waals surface area (Å²) in [6.45, 7) is 4.18. The molecule has 8 heteroatoms. The molecule has 0 radical (unpaired) electrons. The number of ether oxygens (including phenoxy) is 1. The Morgan fingerprint density at radius 3 is 2.36 bits per heavy atom. The van der Waals surface area contributed by atoms with Crippen LogP contribution in [0.15, 0.2) is 24.3 Å². The van der Waals surface area contributed by atoms with E-state index in [4.69, 9.17) is 10.5 Å². The fraction of sp³-hybridized carbons (Fsp3) is 0.588. The molecule has 1 heterocycles. The maximum atomic E-state index is 12.4. The van der Waals surface area contributed by atoms with Crippen LogP contribution in [0.3, 0.4) is 0 Å². The molecule has 1 aromatic rings. The highest BCUT2D eigenvalue weighted by molar-refractivity contribution is 7.90. The Hall–Kier alpha value is -1.64. The number of carbonyl (C=O) groups excluding carboxylic acids is 1. The SMILES string of the molecule is CS(=O)(=O)CCN1CCN(C(=O)Cc2ccc(OCCN)cc2)CC1. The number of sulfone groups is 1. The van der Waals surface area contributed by atoms with E-state index in [1.165, 1.54) is 6.26 Å². The van der Waals surface area contributed by atoms with E-state index in [1.807, 2.05) is 29.2 Å². The molecular weight excluding hydrogens is 342 g/mol. The minimum Gasteiger partial charge on any atom is -0.492 e. The topological polar surface area (TPSA) is 92.9 Å². The molecule has 1 aliphatic rings. The first-order valence-electron chi connectivity index (χ1n) is 8.47. The minimum absolute atomic E-state index is 0.0957. The van der Waals surface area contributed by atoms with Crippen molar-refractivity contribution in [3.8, 4) is 5.75 Å². The summed E-state index contributed by atoms with van der Waals surface area (Å²) >= 11 is 0. The lowest BCUT2D eigenvalue weighted by molar-refractivity contribution is -0.132. The number of nitrogens with zero attached hydrogens (tertiary/aromatic N) is 2. The number of rotatable bonds is 8. The molecule has 2 N–H and O–H groups in total. The molecule has 0 aromatic heterocycles. The molecule has 7 nitrogen and oxygen atoms in total. The molecule has 1 aliphatic heterocycles. The Morgan fingerprint density at radius 1 is 1.16 bits per heavy atom. The second-order valence-electron chi connectivity index (χ2n) is 6.31. The fourth-order valence-corrected chi connectivity index (χ4v) is 3.27. The van der Waals surface area contributed by atoms with Crippen molar-refractivity contribution in [2.45, 2.75) is 6.42 Å².